The van der Waals surface area contributed by atoms with Crippen LogP contribution in [0.5, 0.6) is 0 Å². The zero-order valence-corrected chi connectivity index (χ0v) is 12.8. The lowest BCUT2D eigenvalue weighted by atomic mass is 10.2. The molecule has 0 aromatic heterocycles. The molecular weight excluding hydrogens is 274 g/mol. The van der Waals surface area contributed by atoms with E-state index in [2.05, 4.69) is 23.5 Å². The Hall–Kier alpha value is -1.42. The van der Waals surface area contributed by atoms with Gasteiger partial charge in [-0.05, 0) is 50.3 Å². The van der Waals surface area contributed by atoms with Gasteiger partial charge in [0.05, 0.1) is 16.5 Å². The third-order valence-corrected chi connectivity index (χ3v) is 4.61. The first-order valence-electron chi connectivity index (χ1n) is 6.75. The predicted molar refractivity (Wildman–Crippen MR) is 78.8 cm³/mol. The minimum absolute atomic E-state index is 0.194. The van der Waals surface area contributed by atoms with E-state index in [1.165, 1.54) is 24.3 Å². The molecule has 0 radical (unpaired) electrons. The molecule has 1 aromatic rings. The van der Waals surface area contributed by atoms with Crippen LogP contribution in [0, 0.1) is 11.3 Å². The summed E-state index contributed by atoms with van der Waals surface area (Å²) < 4.78 is 26.6. The lowest BCUT2D eigenvalue weighted by Gasteiger charge is -2.17. The van der Waals surface area contributed by atoms with Gasteiger partial charge < -0.3 is 4.90 Å². The summed E-state index contributed by atoms with van der Waals surface area (Å²) in [6, 6.07) is 7.87. The normalized spacial score (nSPS) is 11.5. The first-order valence-corrected chi connectivity index (χ1v) is 8.24. The van der Waals surface area contributed by atoms with E-state index in [9.17, 15) is 8.42 Å². The van der Waals surface area contributed by atoms with Crippen LogP contribution in [0.2, 0.25) is 0 Å². The quantitative estimate of drug-likeness (QED) is 0.739. The monoisotopic (exact) mass is 295 g/mol. The molecule has 0 aliphatic heterocycles. The number of hydrogen-bond acceptors (Lipinski definition) is 4. The molecule has 0 bridgehead atoms. The molecule has 0 unspecified atom stereocenters. The molecule has 0 aliphatic carbocycles. The van der Waals surface area contributed by atoms with E-state index >= 15 is 0 Å². The van der Waals surface area contributed by atoms with Crippen LogP contribution in [-0.4, -0.2) is 39.5 Å². The van der Waals surface area contributed by atoms with Crippen molar-refractivity contribution in [1.29, 1.82) is 5.26 Å². The molecule has 0 atom stereocenters. The van der Waals surface area contributed by atoms with Gasteiger partial charge in [-0.25, -0.2) is 13.1 Å². The molecular formula is C14H21N3O2S. The minimum atomic E-state index is -3.47. The van der Waals surface area contributed by atoms with Crippen molar-refractivity contribution < 1.29 is 8.42 Å². The molecule has 0 fully saturated rings. The highest BCUT2D eigenvalue weighted by molar-refractivity contribution is 7.89. The largest absolute Gasteiger partial charge is 0.304 e. The van der Waals surface area contributed by atoms with Gasteiger partial charge in [-0.2, -0.15) is 5.26 Å². The molecule has 1 N–H and O–H groups in total. The number of sulfonamides is 1. The van der Waals surface area contributed by atoms with Crippen LogP contribution < -0.4 is 4.72 Å². The Balaban J connectivity index is 2.51. The summed E-state index contributed by atoms with van der Waals surface area (Å²) in [5.41, 5.74) is 0.450. The fraction of sp³-hybridized carbons (Fsp3) is 0.500. The van der Waals surface area contributed by atoms with E-state index < -0.39 is 10.0 Å². The van der Waals surface area contributed by atoms with Crippen molar-refractivity contribution in [3.63, 3.8) is 0 Å². The molecule has 5 nitrogen and oxygen atoms in total. The van der Waals surface area contributed by atoms with Crippen molar-refractivity contribution in [3.8, 4) is 6.07 Å². The lowest BCUT2D eigenvalue weighted by Crippen LogP contribution is -2.30. The van der Waals surface area contributed by atoms with Gasteiger partial charge in [-0.3, -0.25) is 0 Å². The van der Waals surface area contributed by atoms with Crippen LogP contribution in [0.3, 0.4) is 0 Å². The SMILES string of the molecule is CCN(CC)CCCNS(=O)(=O)c1ccc(C#N)cc1. The maximum Gasteiger partial charge on any atom is 0.240 e. The summed E-state index contributed by atoms with van der Waals surface area (Å²) in [7, 11) is -3.47. The number of nitrogens with zero attached hydrogens (tertiary/aromatic N) is 2. The predicted octanol–water partition coefficient (Wildman–Crippen LogP) is 1.57. The zero-order valence-electron chi connectivity index (χ0n) is 12.0. The van der Waals surface area contributed by atoms with Crippen molar-refractivity contribution in [3.05, 3.63) is 29.8 Å². The highest BCUT2D eigenvalue weighted by Crippen LogP contribution is 2.09. The fourth-order valence-electron chi connectivity index (χ4n) is 1.84. The zero-order chi connectivity index (χ0) is 15.0. The maximum absolute atomic E-state index is 12.0. The Morgan fingerprint density at radius 3 is 2.30 bits per heavy atom. The van der Waals surface area contributed by atoms with Crippen LogP contribution in [-0.2, 0) is 10.0 Å². The molecule has 0 spiro atoms. The average Bonchev–Trinajstić information content (AvgIpc) is 2.47. The van der Waals surface area contributed by atoms with Crippen molar-refractivity contribution in [2.45, 2.75) is 25.2 Å². The number of rotatable bonds is 8. The highest BCUT2D eigenvalue weighted by Gasteiger charge is 2.13. The number of benzene rings is 1. The Kier molecular flexibility index (Phi) is 6.65. The van der Waals surface area contributed by atoms with E-state index in [4.69, 9.17) is 5.26 Å². The molecule has 0 saturated carbocycles. The smallest absolute Gasteiger partial charge is 0.240 e. The van der Waals surface area contributed by atoms with Gasteiger partial charge >= 0.3 is 0 Å². The Morgan fingerprint density at radius 1 is 1.20 bits per heavy atom. The standard InChI is InChI=1S/C14H21N3O2S/c1-3-17(4-2)11-5-10-16-20(18,19)14-8-6-13(12-15)7-9-14/h6-9,16H,3-5,10-11H2,1-2H3. The third kappa shape index (κ3) is 4.93. The summed E-state index contributed by atoms with van der Waals surface area (Å²) in [5.74, 6) is 0. The summed E-state index contributed by atoms with van der Waals surface area (Å²) in [4.78, 5) is 2.44. The summed E-state index contributed by atoms with van der Waals surface area (Å²) >= 11 is 0. The van der Waals surface area contributed by atoms with Crippen LogP contribution >= 0.6 is 0 Å². The van der Waals surface area contributed by atoms with Crippen molar-refractivity contribution in [2.24, 2.45) is 0 Å². The summed E-state index contributed by atoms with van der Waals surface area (Å²) in [5, 5.41) is 8.68. The molecule has 0 heterocycles. The minimum Gasteiger partial charge on any atom is -0.304 e. The van der Waals surface area contributed by atoms with Gasteiger partial charge in [0.25, 0.3) is 0 Å². The van der Waals surface area contributed by atoms with Gasteiger partial charge in [0.2, 0.25) is 10.0 Å². The molecule has 0 aliphatic rings. The Labute approximate surface area is 121 Å². The number of nitriles is 1. The van der Waals surface area contributed by atoms with Gasteiger partial charge in [0.15, 0.2) is 0 Å². The van der Waals surface area contributed by atoms with E-state index in [0.717, 1.165) is 26.1 Å². The van der Waals surface area contributed by atoms with Gasteiger partial charge in [-0.1, -0.05) is 13.8 Å². The first-order chi connectivity index (χ1) is 9.53. The van der Waals surface area contributed by atoms with Crippen molar-refractivity contribution in [2.75, 3.05) is 26.2 Å². The number of hydrogen-bond donors (Lipinski definition) is 1. The molecule has 6 heteroatoms. The topological polar surface area (TPSA) is 73.2 Å². The van der Waals surface area contributed by atoms with E-state index in [0.29, 0.717) is 12.1 Å². The molecule has 110 valence electrons. The lowest BCUT2D eigenvalue weighted by molar-refractivity contribution is 0.300. The molecule has 20 heavy (non-hydrogen) atoms. The van der Waals surface area contributed by atoms with E-state index in [1.807, 2.05) is 6.07 Å². The fourth-order valence-corrected chi connectivity index (χ4v) is 2.92. The molecule has 0 amide bonds. The second-order valence-corrected chi connectivity index (χ2v) is 6.18. The third-order valence-electron chi connectivity index (χ3n) is 3.13. The second-order valence-electron chi connectivity index (χ2n) is 4.41. The summed E-state index contributed by atoms with van der Waals surface area (Å²) in [6.07, 6.45) is 0.775. The molecule has 1 aromatic carbocycles. The Bertz CT molecular complexity index is 543. The van der Waals surface area contributed by atoms with Crippen LogP contribution in [0.25, 0.3) is 0 Å². The summed E-state index contributed by atoms with van der Waals surface area (Å²) in [6.45, 7) is 7.41. The highest BCUT2D eigenvalue weighted by atomic mass is 32.2. The maximum atomic E-state index is 12.0. The van der Waals surface area contributed by atoms with Gasteiger partial charge in [0, 0.05) is 6.54 Å². The first kappa shape index (κ1) is 16.6. The van der Waals surface area contributed by atoms with E-state index in [-0.39, 0.29) is 4.90 Å². The van der Waals surface area contributed by atoms with E-state index in [1.54, 1.807) is 0 Å². The van der Waals surface area contributed by atoms with Crippen LogP contribution in [0.1, 0.15) is 25.8 Å². The molecule has 0 saturated heterocycles. The number of nitrogens with one attached hydrogen (secondary N) is 1. The van der Waals surface area contributed by atoms with Gasteiger partial charge in [-0.15, -0.1) is 0 Å². The molecule has 1 rings (SSSR count). The second kappa shape index (κ2) is 8.00. The Morgan fingerprint density at radius 2 is 1.80 bits per heavy atom. The average molecular weight is 295 g/mol. The van der Waals surface area contributed by atoms with Gasteiger partial charge in [0.1, 0.15) is 0 Å². The van der Waals surface area contributed by atoms with Crippen LogP contribution in [0.15, 0.2) is 29.2 Å². The van der Waals surface area contributed by atoms with Crippen LogP contribution in [0.4, 0.5) is 0 Å². The van der Waals surface area contributed by atoms with Crippen molar-refractivity contribution >= 4 is 10.0 Å². The van der Waals surface area contributed by atoms with Crippen molar-refractivity contribution in [1.82, 2.24) is 9.62 Å².